The van der Waals surface area contributed by atoms with E-state index in [0.717, 1.165) is 29.8 Å². The average Bonchev–Trinajstić information content (AvgIpc) is 3.06. The summed E-state index contributed by atoms with van der Waals surface area (Å²) in [5.74, 6) is 0.930. The predicted molar refractivity (Wildman–Crippen MR) is 93.8 cm³/mol. The second kappa shape index (κ2) is 5.21. The van der Waals surface area contributed by atoms with E-state index in [9.17, 15) is 9.90 Å². The Bertz CT molecular complexity index is 830. The fourth-order valence-electron chi connectivity index (χ4n) is 5.93. The molecular weight excluding hydrogens is 318 g/mol. The van der Waals surface area contributed by atoms with Gasteiger partial charge in [0.15, 0.2) is 0 Å². The maximum atomic E-state index is 11.7. The van der Waals surface area contributed by atoms with Gasteiger partial charge in [0.1, 0.15) is 11.2 Å². The molecule has 132 valence electrons. The number of carboxylic acid groups (broad SMARTS) is 1. The second-order valence-corrected chi connectivity index (χ2v) is 8.12. The van der Waals surface area contributed by atoms with Gasteiger partial charge < -0.3 is 20.1 Å². The van der Waals surface area contributed by atoms with E-state index in [4.69, 9.17) is 4.74 Å². The largest absolute Gasteiger partial charge is 0.478 e. The van der Waals surface area contributed by atoms with Gasteiger partial charge in [0, 0.05) is 30.9 Å². The van der Waals surface area contributed by atoms with Crippen LogP contribution in [-0.2, 0) is 4.74 Å². The van der Waals surface area contributed by atoms with Crippen LogP contribution in [0.3, 0.4) is 0 Å². The van der Waals surface area contributed by atoms with Crippen LogP contribution < -0.4 is 5.32 Å². The predicted octanol–water partition coefficient (Wildman–Crippen LogP) is 3.27. The number of carboxylic acids is 1. The highest BCUT2D eigenvalue weighted by Crippen LogP contribution is 2.57. The van der Waals surface area contributed by atoms with Gasteiger partial charge in [-0.1, -0.05) is 0 Å². The fraction of sp³-hybridized carbons (Fsp3) is 0.579. The standard InChI is InChI=1S/C19H23N3O3/c1-25-19-6-10-4-11(7-19)15(12(5-10)8-19)22-16-13-2-3-20-17(13)21-9-14(16)18(23)24/h2-3,9-12,15H,4-8H2,1H3,(H,23,24)(H2,20,21,22)/t10?,11-,12+,15-,19-. The van der Waals surface area contributed by atoms with Crippen LogP contribution >= 0.6 is 0 Å². The molecule has 0 amide bonds. The number of aromatic carboxylic acids is 1. The van der Waals surface area contributed by atoms with E-state index < -0.39 is 5.97 Å². The van der Waals surface area contributed by atoms with Crippen molar-refractivity contribution >= 4 is 22.7 Å². The van der Waals surface area contributed by atoms with Crippen molar-refractivity contribution in [2.45, 2.75) is 43.7 Å². The number of pyridine rings is 1. The molecule has 0 aliphatic heterocycles. The molecule has 4 fully saturated rings. The van der Waals surface area contributed by atoms with Gasteiger partial charge in [-0.15, -0.1) is 0 Å². The molecule has 0 radical (unpaired) electrons. The third-order valence-corrected chi connectivity index (χ3v) is 6.78. The molecule has 4 aliphatic rings. The molecule has 6 heteroatoms. The van der Waals surface area contributed by atoms with E-state index in [1.54, 1.807) is 0 Å². The van der Waals surface area contributed by atoms with Crippen molar-refractivity contribution in [1.29, 1.82) is 0 Å². The molecule has 0 spiro atoms. The Morgan fingerprint density at radius 1 is 1.36 bits per heavy atom. The minimum Gasteiger partial charge on any atom is -0.478 e. The normalized spacial score (nSPS) is 36.0. The zero-order chi connectivity index (χ0) is 17.2. The third kappa shape index (κ3) is 2.20. The van der Waals surface area contributed by atoms with Crippen LogP contribution in [0.15, 0.2) is 18.5 Å². The lowest BCUT2D eigenvalue weighted by atomic mass is 9.52. The van der Waals surface area contributed by atoms with Crippen molar-refractivity contribution < 1.29 is 14.6 Å². The minimum atomic E-state index is -0.935. The van der Waals surface area contributed by atoms with Gasteiger partial charge in [0.2, 0.25) is 0 Å². The van der Waals surface area contributed by atoms with E-state index >= 15 is 0 Å². The smallest absolute Gasteiger partial charge is 0.339 e. The number of nitrogens with zero attached hydrogens (tertiary/aromatic N) is 1. The number of hydrogen-bond acceptors (Lipinski definition) is 4. The first-order valence-electron chi connectivity index (χ1n) is 9.10. The highest BCUT2D eigenvalue weighted by molar-refractivity contribution is 6.03. The number of anilines is 1. The van der Waals surface area contributed by atoms with Crippen LogP contribution in [-0.4, -0.2) is 39.8 Å². The molecule has 6 rings (SSSR count). The van der Waals surface area contributed by atoms with Crippen molar-refractivity contribution in [3.05, 3.63) is 24.0 Å². The molecule has 1 unspecified atom stereocenters. The number of aromatic amines is 1. The summed E-state index contributed by atoms with van der Waals surface area (Å²) in [6, 6.07) is 2.22. The Kier molecular flexibility index (Phi) is 3.17. The number of hydrogen-bond donors (Lipinski definition) is 3. The van der Waals surface area contributed by atoms with Gasteiger partial charge in [0.05, 0.1) is 11.3 Å². The quantitative estimate of drug-likeness (QED) is 0.794. The highest BCUT2D eigenvalue weighted by Gasteiger charge is 2.55. The van der Waals surface area contributed by atoms with Gasteiger partial charge in [0.25, 0.3) is 0 Å². The third-order valence-electron chi connectivity index (χ3n) is 6.78. The summed E-state index contributed by atoms with van der Waals surface area (Å²) in [6.45, 7) is 0. The maximum Gasteiger partial charge on any atom is 0.339 e. The molecule has 3 N–H and O–H groups in total. The number of aromatic nitrogens is 2. The van der Waals surface area contributed by atoms with E-state index in [0.29, 0.717) is 23.6 Å². The summed E-state index contributed by atoms with van der Waals surface area (Å²) in [5.41, 5.74) is 1.75. The summed E-state index contributed by atoms with van der Waals surface area (Å²) < 4.78 is 5.93. The van der Waals surface area contributed by atoms with E-state index in [-0.39, 0.29) is 11.2 Å². The number of nitrogens with one attached hydrogen (secondary N) is 2. The summed E-state index contributed by atoms with van der Waals surface area (Å²) in [7, 11) is 1.85. The number of rotatable bonds is 4. The first kappa shape index (κ1) is 15.2. The maximum absolute atomic E-state index is 11.7. The fourth-order valence-corrected chi connectivity index (χ4v) is 5.93. The number of fused-ring (bicyclic) bond motifs is 1. The van der Waals surface area contributed by atoms with Gasteiger partial charge in [-0.25, -0.2) is 9.78 Å². The number of carbonyl (C=O) groups is 1. The molecule has 4 saturated carbocycles. The molecule has 0 aromatic carbocycles. The molecule has 0 saturated heterocycles. The Morgan fingerprint density at radius 3 is 2.80 bits per heavy atom. The molecule has 2 heterocycles. The summed E-state index contributed by atoms with van der Waals surface area (Å²) in [6.07, 6.45) is 9.07. The Morgan fingerprint density at radius 2 is 2.12 bits per heavy atom. The van der Waals surface area contributed by atoms with E-state index in [2.05, 4.69) is 15.3 Å². The van der Waals surface area contributed by atoms with Gasteiger partial charge in [-0.3, -0.25) is 0 Å². The lowest BCUT2D eigenvalue weighted by Gasteiger charge is -2.59. The van der Waals surface area contributed by atoms with Crippen molar-refractivity contribution in [3.63, 3.8) is 0 Å². The average molecular weight is 341 g/mol. The van der Waals surface area contributed by atoms with Gasteiger partial charge >= 0.3 is 5.97 Å². The summed E-state index contributed by atoms with van der Waals surface area (Å²) in [4.78, 5) is 19.0. The first-order valence-corrected chi connectivity index (χ1v) is 9.10. The van der Waals surface area contributed by atoms with Crippen molar-refractivity contribution in [3.8, 4) is 0 Å². The second-order valence-electron chi connectivity index (χ2n) is 8.12. The molecule has 25 heavy (non-hydrogen) atoms. The van der Waals surface area contributed by atoms with Gasteiger partial charge in [-0.2, -0.15) is 0 Å². The van der Waals surface area contributed by atoms with Crippen LogP contribution in [0.5, 0.6) is 0 Å². The topological polar surface area (TPSA) is 87.2 Å². The summed E-state index contributed by atoms with van der Waals surface area (Å²) >= 11 is 0. The summed E-state index contributed by atoms with van der Waals surface area (Å²) in [5, 5.41) is 14.1. The SMILES string of the molecule is CO[C@]12CC3C[C@H](C1)[C@@H](Nc1c(C(=O)O)cnc4[nH]ccc14)[C@@H](C3)C2. The Balaban J connectivity index is 1.52. The molecule has 2 aromatic heterocycles. The Hall–Kier alpha value is -2.08. The van der Waals surface area contributed by atoms with Crippen molar-refractivity contribution in [1.82, 2.24) is 9.97 Å². The molecule has 5 atom stereocenters. The number of methoxy groups -OCH3 is 1. The van der Waals surface area contributed by atoms with Crippen LogP contribution in [0.1, 0.15) is 42.5 Å². The van der Waals surface area contributed by atoms with Crippen molar-refractivity contribution in [2.75, 3.05) is 12.4 Å². The first-order chi connectivity index (χ1) is 12.1. The van der Waals surface area contributed by atoms with Crippen molar-refractivity contribution in [2.24, 2.45) is 17.8 Å². The number of ether oxygens (including phenoxy) is 1. The number of H-pyrrole nitrogens is 1. The molecule has 4 aliphatic carbocycles. The van der Waals surface area contributed by atoms with Crippen LogP contribution in [0, 0.1) is 17.8 Å². The van der Waals surface area contributed by atoms with E-state index in [1.165, 1.54) is 25.5 Å². The molecule has 2 aromatic rings. The molecular formula is C19H23N3O3. The monoisotopic (exact) mass is 341 g/mol. The van der Waals surface area contributed by atoms with Gasteiger partial charge in [-0.05, 0) is 55.9 Å². The lowest BCUT2D eigenvalue weighted by molar-refractivity contribution is -0.149. The highest BCUT2D eigenvalue weighted by atomic mass is 16.5. The Labute approximate surface area is 146 Å². The zero-order valence-corrected chi connectivity index (χ0v) is 14.3. The zero-order valence-electron chi connectivity index (χ0n) is 14.3. The van der Waals surface area contributed by atoms with Crippen LogP contribution in [0.4, 0.5) is 5.69 Å². The molecule has 4 bridgehead atoms. The van der Waals surface area contributed by atoms with Crippen LogP contribution in [0.2, 0.25) is 0 Å². The molecule has 6 nitrogen and oxygen atoms in total. The van der Waals surface area contributed by atoms with E-state index in [1.807, 2.05) is 19.4 Å². The lowest BCUT2D eigenvalue weighted by Crippen LogP contribution is -2.59. The van der Waals surface area contributed by atoms with Crippen LogP contribution in [0.25, 0.3) is 11.0 Å². The minimum absolute atomic E-state index is 0.0615.